The Morgan fingerprint density at radius 1 is 1.50 bits per heavy atom. The summed E-state index contributed by atoms with van der Waals surface area (Å²) in [5.74, 6) is 0. The van der Waals surface area contributed by atoms with Crippen LogP contribution in [0.15, 0.2) is 10.2 Å². The molecule has 7 heteroatoms. The first-order valence-electron chi connectivity index (χ1n) is 4.39. The molecule has 1 saturated heterocycles. The third kappa shape index (κ3) is 3.53. The van der Waals surface area contributed by atoms with E-state index >= 15 is 0 Å². The largest absolute Gasteiger partial charge is 0.370 e. The molecule has 1 rings (SSSR count). The van der Waals surface area contributed by atoms with Crippen molar-refractivity contribution in [3.63, 3.8) is 0 Å². The summed E-state index contributed by atoms with van der Waals surface area (Å²) in [5, 5.41) is 6.94. The van der Waals surface area contributed by atoms with Gasteiger partial charge in [-0.25, -0.2) is 0 Å². The first kappa shape index (κ1) is 10.7. The van der Waals surface area contributed by atoms with Crippen LogP contribution in [0.5, 0.6) is 0 Å². The predicted octanol–water partition coefficient (Wildman–Crippen LogP) is 2.54. The van der Waals surface area contributed by atoms with Gasteiger partial charge in [-0.15, -0.1) is 0 Å². The van der Waals surface area contributed by atoms with Crippen molar-refractivity contribution >= 4 is 0 Å². The Morgan fingerprint density at radius 3 is 2.71 bits per heavy atom. The first-order valence-corrected chi connectivity index (χ1v) is 4.39. The number of nitrogens with zero attached hydrogens (tertiary/aromatic N) is 6. The van der Waals surface area contributed by atoms with Gasteiger partial charge in [0.1, 0.15) is 0 Å². The zero-order valence-electron chi connectivity index (χ0n) is 8.00. The van der Waals surface area contributed by atoms with E-state index in [4.69, 9.17) is 15.8 Å². The molecular weight excluding hydrogens is 184 g/mol. The number of hydrogen-bond donors (Lipinski definition) is 0. The highest BCUT2D eigenvalue weighted by atomic mass is 16.6. The Bertz CT molecular complexity index is 287. The van der Waals surface area contributed by atoms with E-state index in [0.29, 0.717) is 6.42 Å². The van der Waals surface area contributed by atoms with E-state index in [1.165, 1.54) is 0 Å². The molecule has 76 valence electrons. The first-order chi connectivity index (χ1) is 6.70. The summed E-state index contributed by atoms with van der Waals surface area (Å²) in [4.78, 5) is 5.34. The fourth-order valence-corrected chi connectivity index (χ4v) is 1.13. The van der Waals surface area contributed by atoms with E-state index < -0.39 is 0 Å². The van der Waals surface area contributed by atoms with E-state index in [1.807, 2.05) is 6.92 Å². The van der Waals surface area contributed by atoms with Crippen LogP contribution in [0.1, 0.15) is 19.8 Å². The van der Waals surface area contributed by atoms with Crippen LogP contribution in [0.2, 0.25) is 0 Å². The fourth-order valence-electron chi connectivity index (χ4n) is 1.13. The Morgan fingerprint density at radius 2 is 2.21 bits per heavy atom. The molecule has 1 aliphatic heterocycles. The number of ether oxygens (including phenoxy) is 1. The molecule has 1 fully saturated rings. The molecule has 0 bridgehead atoms. The summed E-state index contributed by atoms with van der Waals surface area (Å²) in [7, 11) is 0. The van der Waals surface area contributed by atoms with Crippen LogP contribution in [0.25, 0.3) is 20.9 Å². The number of hydrogen-bond acceptors (Lipinski definition) is 3. The molecule has 0 aromatic rings. The van der Waals surface area contributed by atoms with E-state index in [-0.39, 0.29) is 18.2 Å². The lowest BCUT2D eigenvalue weighted by Crippen LogP contribution is -2.13. The second-order valence-electron chi connectivity index (χ2n) is 3.55. The van der Waals surface area contributed by atoms with Gasteiger partial charge in [0.2, 0.25) is 0 Å². The van der Waals surface area contributed by atoms with Crippen LogP contribution < -0.4 is 0 Å². The van der Waals surface area contributed by atoms with Gasteiger partial charge in [0, 0.05) is 22.4 Å². The van der Waals surface area contributed by atoms with Crippen molar-refractivity contribution < 1.29 is 4.74 Å². The quantitative estimate of drug-likeness (QED) is 0.276. The van der Waals surface area contributed by atoms with Gasteiger partial charge in [0.05, 0.1) is 12.2 Å². The minimum atomic E-state index is -0.253. The third-order valence-electron chi connectivity index (χ3n) is 2.21. The molecule has 1 heterocycles. The van der Waals surface area contributed by atoms with E-state index in [9.17, 15) is 0 Å². The summed E-state index contributed by atoms with van der Waals surface area (Å²) in [6.07, 6.45) is 1.53. The van der Waals surface area contributed by atoms with Crippen molar-refractivity contribution in [2.24, 2.45) is 10.2 Å². The maximum Gasteiger partial charge on any atom is 0.0888 e. The molecule has 0 radical (unpaired) electrons. The van der Waals surface area contributed by atoms with Gasteiger partial charge >= 0.3 is 0 Å². The lowest BCUT2D eigenvalue weighted by molar-refractivity contribution is 0.298. The average Bonchev–Trinajstić information content (AvgIpc) is 2.90. The van der Waals surface area contributed by atoms with Crippen LogP contribution in [0.3, 0.4) is 0 Å². The van der Waals surface area contributed by atoms with Crippen molar-refractivity contribution in [1.82, 2.24) is 0 Å². The smallest absolute Gasteiger partial charge is 0.0888 e. The van der Waals surface area contributed by atoms with E-state index in [1.54, 1.807) is 0 Å². The molecular formula is C7H12N6O. The summed E-state index contributed by atoms with van der Waals surface area (Å²) in [5.41, 5.74) is 16.4. The Kier molecular flexibility index (Phi) is 3.59. The second kappa shape index (κ2) is 4.72. The maximum atomic E-state index is 8.27. The summed E-state index contributed by atoms with van der Waals surface area (Å²) in [6.45, 7) is 2.99. The third-order valence-corrected chi connectivity index (χ3v) is 2.21. The minimum Gasteiger partial charge on any atom is -0.370 e. The molecule has 7 nitrogen and oxygen atoms in total. The second-order valence-corrected chi connectivity index (χ2v) is 3.55. The van der Waals surface area contributed by atoms with Gasteiger partial charge in [-0.1, -0.05) is 10.2 Å². The van der Waals surface area contributed by atoms with Crippen LogP contribution >= 0.6 is 0 Å². The standard InChI is InChI=1S/C7H12N6O/c1-7(5-14-7)3-2-6(11-13-9)4-10-12-8/h6H,2-5H2,1H3. The molecule has 0 saturated carbocycles. The Labute approximate surface area is 81.3 Å². The molecule has 1 aliphatic rings. The predicted molar refractivity (Wildman–Crippen MR) is 50.5 cm³/mol. The molecule has 2 atom stereocenters. The zero-order chi connectivity index (χ0) is 10.4. The highest BCUT2D eigenvalue weighted by Crippen LogP contribution is 2.31. The molecule has 0 spiro atoms. The zero-order valence-corrected chi connectivity index (χ0v) is 8.00. The molecule has 0 N–H and O–H groups in total. The minimum absolute atomic E-state index is 0.0421. The summed E-state index contributed by atoms with van der Waals surface area (Å²) in [6, 6.07) is -0.253. The van der Waals surface area contributed by atoms with Crippen LogP contribution in [-0.2, 0) is 4.74 Å². The monoisotopic (exact) mass is 196 g/mol. The molecule has 14 heavy (non-hydrogen) atoms. The average molecular weight is 196 g/mol. The summed E-state index contributed by atoms with van der Waals surface area (Å²) >= 11 is 0. The lowest BCUT2D eigenvalue weighted by Gasteiger charge is -2.09. The molecule has 0 aromatic heterocycles. The van der Waals surface area contributed by atoms with Gasteiger partial charge in [-0.05, 0) is 30.8 Å². The van der Waals surface area contributed by atoms with Gasteiger partial charge in [0.25, 0.3) is 0 Å². The Balaban J connectivity index is 2.34. The van der Waals surface area contributed by atoms with Gasteiger partial charge in [-0.2, -0.15) is 0 Å². The van der Waals surface area contributed by atoms with Gasteiger partial charge in [0.15, 0.2) is 0 Å². The van der Waals surface area contributed by atoms with E-state index in [0.717, 1.165) is 13.0 Å². The van der Waals surface area contributed by atoms with Gasteiger partial charge in [-0.3, -0.25) is 0 Å². The highest BCUT2D eigenvalue weighted by Gasteiger charge is 2.38. The lowest BCUT2D eigenvalue weighted by atomic mass is 10.0. The van der Waals surface area contributed by atoms with Crippen molar-refractivity contribution in [3.8, 4) is 0 Å². The number of azide groups is 2. The van der Waals surface area contributed by atoms with Gasteiger partial charge < -0.3 is 4.74 Å². The number of epoxide rings is 1. The molecule has 0 aliphatic carbocycles. The fraction of sp³-hybridized carbons (Fsp3) is 1.00. The highest BCUT2D eigenvalue weighted by molar-refractivity contribution is 4.88. The van der Waals surface area contributed by atoms with Crippen molar-refractivity contribution in [2.45, 2.75) is 31.4 Å². The molecule has 2 unspecified atom stereocenters. The molecule has 0 aromatic carbocycles. The maximum absolute atomic E-state index is 8.27. The molecule has 0 amide bonds. The SMILES string of the molecule is CC1(CCC(CN=[N+]=[N-])N=[N+]=[N-])CO1. The van der Waals surface area contributed by atoms with Crippen molar-refractivity contribution in [2.75, 3.05) is 13.2 Å². The van der Waals surface area contributed by atoms with Crippen LogP contribution in [0.4, 0.5) is 0 Å². The van der Waals surface area contributed by atoms with Crippen LogP contribution in [0, 0.1) is 0 Å². The summed E-state index contributed by atoms with van der Waals surface area (Å²) < 4.78 is 5.19. The normalized spacial score (nSPS) is 25.8. The van der Waals surface area contributed by atoms with Crippen LogP contribution in [-0.4, -0.2) is 24.8 Å². The van der Waals surface area contributed by atoms with Crippen molar-refractivity contribution in [1.29, 1.82) is 0 Å². The number of rotatable bonds is 6. The van der Waals surface area contributed by atoms with Crippen molar-refractivity contribution in [3.05, 3.63) is 20.9 Å². The van der Waals surface area contributed by atoms with E-state index in [2.05, 4.69) is 20.1 Å². The topological polar surface area (TPSA) is 110 Å². The Hall–Kier alpha value is -1.42.